The average Bonchev–Trinajstić information content (AvgIpc) is 3.11. The molecular formula is C19H22N2O6. The van der Waals surface area contributed by atoms with Crippen LogP contribution in [0, 0.1) is 5.92 Å². The fourth-order valence-electron chi connectivity index (χ4n) is 3.11. The molecule has 2 N–H and O–H groups in total. The maximum absolute atomic E-state index is 12.9. The lowest BCUT2D eigenvalue weighted by molar-refractivity contribution is -0.140. The Morgan fingerprint density at radius 2 is 1.93 bits per heavy atom. The first-order valence-corrected chi connectivity index (χ1v) is 8.87. The molecule has 0 bridgehead atoms. The number of amides is 1. The van der Waals surface area contributed by atoms with Gasteiger partial charge in [0.25, 0.3) is 5.91 Å². The predicted molar refractivity (Wildman–Crippen MR) is 98.4 cm³/mol. The number of aryl methyl sites for hydroxylation is 1. The van der Waals surface area contributed by atoms with Crippen LogP contribution in [0.2, 0.25) is 0 Å². The molecule has 0 fully saturated rings. The summed E-state index contributed by atoms with van der Waals surface area (Å²) in [6.07, 6.45) is 2.04. The molecule has 0 radical (unpaired) electrons. The number of pyridine rings is 1. The van der Waals surface area contributed by atoms with Crippen molar-refractivity contribution in [3.05, 3.63) is 34.1 Å². The second-order valence-corrected chi connectivity index (χ2v) is 6.56. The molecule has 1 aliphatic rings. The lowest BCUT2D eigenvalue weighted by Gasteiger charge is -2.20. The topological polar surface area (TPSA) is 107 Å². The van der Waals surface area contributed by atoms with Gasteiger partial charge in [-0.2, -0.15) is 0 Å². The minimum Gasteiger partial charge on any atom is -0.480 e. The summed E-state index contributed by atoms with van der Waals surface area (Å²) in [7, 11) is 0. The number of ether oxygens (including phenoxy) is 2. The third kappa shape index (κ3) is 3.34. The minimum atomic E-state index is -1.13. The van der Waals surface area contributed by atoms with Crippen LogP contribution in [0.15, 0.2) is 23.1 Å². The number of aromatic nitrogens is 1. The number of carboxylic acids is 1. The van der Waals surface area contributed by atoms with Crippen molar-refractivity contribution < 1.29 is 24.2 Å². The van der Waals surface area contributed by atoms with Crippen molar-refractivity contribution >= 4 is 22.8 Å². The van der Waals surface area contributed by atoms with Crippen molar-refractivity contribution in [1.82, 2.24) is 9.88 Å². The second kappa shape index (κ2) is 7.30. The Labute approximate surface area is 155 Å². The van der Waals surface area contributed by atoms with Gasteiger partial charge in [-0.1, -0.05) is 20.3 Å². The quantitative estimate of drug-likeness (QED) is 0.801. The van der Waals surface area contributed by atoms with Gasteiger partial charge in [-0.15, -0.1) is 0 Å². The van der Waals surface area contributed by atoms with Gasteiger partial charge in [0.15, 0.2) is 11.5 Å². The first-order valence-electron chi connectivity index (χ1n) is 8.87. The standard InChI is InChI=1S/C19H22N2O6/c1-4-10(3)16(19(24)25)20-18(23)12-8-21(5-2)13-7-15-14(26-9-27-15)6-11(13)17(12)22/h6-8,10,16H,4-5,9H2,1-3H3,(H,20,23)(H,24,25)/t10-,16+/m0/s1. The highest BCUT2D eigenvalue weighted by Gasteiger charge is 2.27. The van der Waals surface area contributed by atoms with E-state index >= 15 is 0 Å². The fraction of sp³-hybridized carbons (Fsp3) is 0.421. The van der Waals surface area contributed by atoms with Gasteiger partial charge < -0.3 is 24.5 Å². The van der Waals surface area contributed by atoms with Gasteiger partial charge in [0.05, 0.1) is 10.9 Å². The summed E-state index contributed by atoms with van der Waals surface area (Å²) in [6.45, 7) is 6.06. The molecule has 2 aromatic rings. The van der Waals surface area contributed by atoms with Crippen LogP contribution in [0.25, 0.3) is 10.9 Å². The van der Waals surface area contributed by atoms with Crippen LogP contribution in [0.5, 0.6) is 11.5 Å². The summed E-state index contributed by atoms with van der Waals surface area (Å²) >= 11 is 0. The van der Waals surface area contributed by atoms with Gasteiger partial charge in [0, 0.05) is 18.8 Å². The number of carbonyl (C=O) groups is 2. The van der Waals surface area contributed by atoms with Crippen molar-refractivity contribution in [1.29, 1.82) is 0 Å². The Kier molecular flexibility index (Phi) is 5.07. The molecule has 1 aliphatic heterocycles. The first kappa shape index (κ1) is 18.8. The molecule has 0 saturated carbocycles. The molecule has 3 rings (SSSR count). The van der Waals surface area contributed by atoms with Crippen molar-refractivity contribution in [2.75, 3.05) is 6.79 Å². The first-order chi connectivity index (χ1) is 12.9. The van der Waals surface area contributed by atoms with E-state index < -0.39 is 23.3 Å². The molecule has 1 aromatic heterocycles. The molecule has 0 spiro atoms. The van der Waals surface area contributed by atoms with E-state index in [1.165, 1.54) is 6.20 Å². The highest BCUT2D eigenvalue weighted by molar-refractivity contribution is 5.99. The van der Waals surface area contributed by atoms with E-state index in [0.717, 1.165) is 0 Å². The number of carbonyl (C=O) groups excluding carboxylic acids is 1. The lowest BCUT2D eigenvalue weighted by Crippen LogP contribution is -2.46. The molecular weight excluding hydrogens is 352 g/mol. The van der Waals surface area contributed by atoms with E-state index in [1.807, 2.05) is 13.8 Å². The average molecular weight is 374 g/mol. The Balaban J connectivity index is 2.07. The number of nitrogens with one attached hydrogen (secondary N) is 1. The zero-order valence-electron chi connectivity index (χ0n) is 15.4. The van der Waals surface area contributed by atoms with E-state index in [9.17, 15) is 19.5 Å². The number of carboxylic acid groups (broad SMARTS) is 1. The van der Waals surface area contributed by atoms with E-state index in [-0.39, 0.29) is 18.3 Å². The number of hydrogen-bond donors (Lipinski definition) is 2. The minimum absolute atomic E-state index is 0.0779. The molecule has 8 heteroatoms. The zero-order chi connectivity index (χ0) is 19.7. The summed E-state index contributed by atoms with van der Waals surface area (Å²) in [4.78, 5) is 37.1. The Bertz CT molecular complexity index is 965. The molecule has 1 amide bonds. The van der Waals surface area contributed by atoms with Gasteiger partial charge in [0.1, 0.15) is 11.6 Å². The van der Waals surface area contributed by atoms with E-state index in [4.69, 9.17) is 9.47 Å². The number of aliphatic carboxylic acids is 1. The number of nitrogens with zero attached hydrogens (tertiary/aromatic N) is 1. The van der Waals surface area contributed by atoms with E-state index in [2.05, 4.69) is 5.32 Å². The molecule has 8 nitrogen and oxygen atoms in total. The Hall–Kier alpha value is -3.03. The lowest BCUT2D eigenvalue weighted by atomic mass is 9.99. The van der Waals surface area contributed by atoms with Crippen LogP contribution in [0.1, 0.15) is 37.6 Å². The third-order valence-electron chi connectivity index (χ3n) is 4.93. The number of fused-ring (bicyclic) bond motifs is 2. The summed E-state index contributed by atoms with van der Waals surface area (Å²) in [5.41, 5.74) is 0.0524. The third-order valence-corrected chi connectivity index (χ3v) is 4.93. The van der Waals surface area contributed by atoms with Gasteiger partial charge in [-0.3, -0.25) is 9.59 Å². The number of rotatable bonds is 6. The molecule has 0 unspecified atom stereocenters. The largest absolute Gasteiger partial charge is 0.480 e. The van der Waals surface area contributed by atoms with Crippen LogP contribution in [-0.4, -0.2) is 34.4 Å². The van der Waals surface area contributed by atoms with E-state index in [0.29, 0.717) is 35.4 Å². The molecule has 0 saturated heterocycles. The summed E-state index contributed by atoms with van der Waals surface area (Å²) in [5, 5.41) is 12.2. The molecule has 2 atom stereocenters. The van der Waals surface area contributed by atoms with Crippen molar-refractivity contribution in [2.45, 2.75) is 39.8 Å². The molecule has 27 heavy (non-hydrogen) atoms. The Morgan fingerprint density at radius 3 is 2.52 bits per heavy atom. The van der Waals surface area contributed by atoms with Crippen LogP contribution >= 0.6 is 0 Å². The highest BCUT2D eigenvalue weighted by Crippen LogP contribution is 2.35. The van der Waals surface area contributed by atoms with Crippen LogP contribution < -0.4 is 20.2 Å². The SMILES string of the molecule is CC[C@H](C)[C@@H](NC(=O)c1cn(CC)c2cc3c(cc2c1=O)OCO3)C(=O)O. The molecule has 2 heterocycles. The van der Waals surface area contributed by atoms with Crippen molar-refractivity contribution in [3.63, 3.8) is 0 Å². The van der Waals surface area contributed by atoms with Gasteiger partial charge in [-0.25, -0.2) is 4.79 Å². The normalized spacial score (nSPS) is 14.8. The maximum Gasteiger partial charge on any atom is 0.326 e. The van der Waals surface area contributed by atoms with Gasteiger partial charge in [0.2, 0.25) is 12.2 Å². The Morgan fingerprint density at radius 1 is 1.26 bits per heavy atom. The van der Waals surface area contributed by atoms with Crippen LogP contribution in [-0.2, 0) is 11.3 Å². The maximum atomic E-state index is 12.9. The molecule has 1 aromatic carbocycles. The van der Waals surface area contributed by atoms with E-state index in [1.54, 1.807) is 23.6 Å². The number of benzene rings is 1. The zero-order valence-corrected chi connectivity index (χ0v) is 15.4. The van der Waals surface area contributed by atoms with Gasteiger partial charge >= 0.3 is 5.97 Å². The summed E-state index contributed by atoms with van der Waals surface area (Å²) in [5.74, 6) is -1.10. The molecule has 144 valence electrons. The van der Waals surface area contributed by atoms with Crippen molar-refractivity contribution in [2.24, 2.45) is 5.92 Å². The van der Waals surface area contributed by atoms with Gasteiger partial charge in [-0.05, 0) is 18.9 Å². The van der Waals surface area contributed by atoms with Crippen LogP contribution in [0.4, 0.5) is 0 Å². The van der Waals surface area contributed by atoms with Crippen molar-refractivity contribution in [3.8, 4) is 11.5 Å². The second-order valence-electron chi connectivity index (χ2n) is 6.56. The summed E-state index contributed by atoms with van der Waals surface area (Å²) < 4.78 is 12.4. The number of hydrogen-bond acceptors (Lipinski definition) is 5. The monoisotopic (exact) mass is 374 g/mol. The fourth-order valence-corrected chi connectivity index (χ4v) is 3.11. The molecule has 0 aliphatic carbocycles. The highest BCUT2D eigenvalue weighted by atomic mass is 16.7. The smallest absolute Gasteiger partial charge is 0.326 e. The van der Waals surface area contributed by atoms with Crippen LogP contribution in [0.3, 0.4) is 0 Å². The predicted octanol–water partition coefficient (Wildman–Crippen LogP) is 1.98. The summed E-state index contributed by atoms with van der Waals surface area (Å²) in [6, 6.07) is 2.21.